The predicted octanol–water partition coefficient (Wildman–Crippen LogP) is 4.03. The molecule has 3 aromatic rings. The Balaban J connectivity index is 1.79. The first-order valence-electron chi connectivity index (χ1n) is 6.50. The number of nitrogens with one attached hydrogen (secondary N) is 1. The summed E-state index contributed by atoms with van der Waals surface area (Å²) in [5, 5.41) is 6.67. The van der Waals surface area contributed by atoms with Gasteiger partial charge in [0, 0.05) is 22.4 Å². The highest BCUT2D eigenvalue weighted by Gasteiger charge is 2.10. The number of halogens is 2. The summed E-state index contributed by atoms with van der Waals surface area (Å²) in [5.41, 5.74) is 1.42. The van der Waals surface area contributed by atoms with Crippen molar-refractivity contribution in [3.63, 3.8) is 0 Å². The summed E-state index contributed by atoms with van der Waals surface area (Å²) in [5.74, 6) is -0.853. The van der Waals surface area contributed by atoms with Gasteiger partial charge in [0.1, 0.15) is 5.82 Å². The van der Waals surface area contributed by atoms with Gasteiger partial charge in [0.25, 0.3) is 5.91 Å². The molecule has 2 aromatic carbocycles. The van der Waals surface area contributed by atoms with Crippen LogP contribution in [-0.4, -0.2) is 15.7 Å². The van der Waals surface area contributed by atoms with Crippen LogP contribution in [0.2, 0.25) is 0 Å². The third kappa shape index (κ3) is 3.07. The first-order chi connectivity index (χ1) is 10.6. The second kappa shape index (κ2) is 6.11. The topological polar surface area (TPSA) is 46.9 Å². The minimum atomic E-state index is -0.482. The quantitative estimate of drug-likeness (QED) is 0.767. The van der Waals surface area contributed by atoms with Crippen LogP contribution in [0, 0.1) is 5.82 Å². The number of benzene rings is 2. The maximum atomic E-state index is 13.6. The first-order valence-corrected chi connectivity index (χ1v) is 7.29. The number of hydrogen-bond donors (Lipinski definition) is 1. The fourth-order valence-electron chi connectivity index (χ4n) is 1.97. The highest BCUT2D eigenvalue weighted by molar-refractivity contribution is 9.10. The molecular weight excluding hydrogens is 349 g/mol. The third-order valence-corrected chi connectivity index (χ3v) is 3.57. The second-order valence-corrected chi connectivity index (χ2v) is 5.49. The lowest BCUT2D eigenvalue weighted by molar-refractivity contribution is 0.102. The molecule has 0 fully saturated rings. The molecule has 0 aliphatic heterocycles. The number of amides is 1. The molecule has 0 spiro atoms. The Morgan fingerprint density at radius 3 is 2.64 bits per heavy atom. The molecule has 0 aliphatic rings. The zero-order valence-corrected chi connectivity index (χ0v) is 12.9. The molecule has 3 rings (SSSR count). The van der Waals surface area contributed by atoms with E-state index in [2.05, 4.69) is 26.3 Å². The van der Waals surface area contributed by atoms with Crippen LogP contribution in [0.25, 0.3) is 5.69 Å². The normalized spacial score (nSPS) is 10.5. The number of hydrogen-bond acceptors (Lipinski definition) is 2. The lowest BCUT2D eigenvalue weighted by atomic mass is 10.2. The standard InChI is InChI=1S/C16H11BrFN3O/c17-12-4-7-14(18)15(10-12)20-16(22)11-2-5-13(6-3-11)21-9-1-8-19-21/h1-10H,(H,20,22). The van der Waals surface area contributed by atoms with Crippen molar-refractivity contribution in [2.45, 2.75) is 0 Å². The highest BCUT2D eigenvalue weighted by Crippen LogP contribution is 2.21. The van der Waals surface area contributed by atoms with Gasteiger partial charge in [-0.15, -0.1) is 0 Å². The van der Waals surface area contributed by atoms with Crippen molar-refractivity contribution in [2.24, 2.45) is 0 Å². The van der Waals surface area contributed by atoms with E-state index in [4.69, 9.17) is 0 Å². The zero-order valence-electron chi connectivity index (χ0n) is 11.3. The van der Waals surface area contributed by atoms with E-state index < -0.39 is 5.82 Å². The lowest BCUT2D eigenvalue weighted by Gasteiger charge is -2.08. The molecule has 0 aliphatic carbocycles. The van der Waals surface area contributed by atoms with Crippen molar-refractivity contribution >= 4 is 27.5 Å². The number of carbonyl (C=O) groups is 1. The molecular formula is C16H11BrFN3O. The van der Waals surface area contributed by atoms with E-state index in [1.54, 1.807) is 41.2 Å². The van der Waals surface area contributed by atoms with E-state index in [1.165, 1.54) is 12.1 Å². The molecule has 0 unspecified atom stereocenters. The van der Waals surface area contributed by atoms with Gasteiger partial charge < -0.3 is 5.32 Å². The van der Waals surface area contributed by atoms with Gasteiger partial charge in [-0.3, -0.25) is 4.79 Å². The van der Waals surface area contributed by atoms with Crippen LogP contribution in [0.15, 0.2) is 65.4 Å². The number of nitrogens with zero attached hydrogens (tertiary/aromatic N) is 2. The van der Waals surface area contributed by atoms with Gasteiger partial charge >= 0.3 is 0 Å². The molecule has 0 radical (unpaired) electrons. The third-order valence-electron chi connectivity index (χ3n) is 3.08. The number of carbonyl (C=O) groups excluding carboxylic acids is 1. The average molecular weight is 360 g/mol. The van der Waals surface area contributed by atoms with Gasteiger partial charge in [-0.2, -0.15) is 5.10 Å². The summed E-state index contributed by atoms with van der Waals surface area (Å²) in [6.45, 7) is 0. The van der Waals surface area contributed by atoms with Crippen molar-refractivity contribution in [1.29, 1.82) is 0 Å². The summed E-state index contributed by atoms with van der Waals surface area (Å²) in [6, 6.07) is 13.1. The summed E-state index contributed by atoms with van der Waals surface area (Å²) >= 11 is 3.25. The van der Waals surface area contributed by atoms with Crippen LogP contribution in [0.5, 0.6) is 0 Å². The van der Waals surface area contributed by atoms with Crippen LogP contribution >= 0.6 is 15.9 Å². The Morgan fingerprint density at radius 2 is 1.95 bits per heavy atom. The van der Waals surface area contributed by atoms with E-state index in [1.807, 2.05) is 12.3 Å². The summed E-state index contributed by atoms with van der Waals surface area (Å²) < 4.78 is 16.0. The van der Waals surface area contributed by atoms with Crippen LogP contribution in [0.4, 0.5) is 10.1 Å². The molecule has 1 N–H and O–H groups in total. The van der Waals surface area contributed by atoms with Crippen LogP contribution in [-0.2, 0) is 0 Å². The predicted molar refractivity (Wildman–Crippen MR) is 85.6 cm³/mol. The highest BCUT2D eigenvalue weighted by atomic mass is 79.9. The molecule has 0 saturated heterocycles. The fraction of sp³-hybridized carbons (Fsp3) is 0. The van der Waals surface area contributed by atoms with Gasteiger partial charge in [-0.05, 0) is 48.5 Å². The molecule has 6 heteroatoms. The van der Waals surface area contributed by atoms with Crippen molar-refractivity contribution in [1.82, 2.24) is 9.78 Å². The minimum Gasteiger partial charge on any atom is -0.319 e. The van der Waals surface area contributed by atoms with Crippen molar-refractivity contribution < 1.29 is 9.18 Å². The smallest absolute Gasteiger partial charge is 0.255 e. The molecule has 0 atom stereocenters. The SMILES string of the molecule is O=C(Nc1cc(Br)ccc1F)c1ccc(-n2cccn2)cc1. The van der Waals surface area contributed by atoms with Gasteiger partial charge in [-0.25, -0.2) is 9.07 Å². The summed E-state index contributed by atoms with van der Waals surface area (Å²) in [4.78, 5) is 12.2. The molecule has 0 bridgehead atoms. The van der Waals surface area contributed by atoms with Crippen LogP contribution < -0.4 is 5.32 Å². The maximum absolute atomic E-state index is 13.6. The molecule has 1 heterocycles. The fourth-order valence-corrected chi connectivity index (χ4v) is 2.34. The molecule has 1 aromatic heterocycles. The molecule has 22 heavy (non-hydrogen) atoms. The number of rotatable bonds is 3. The number of anilines is 1. The second-order valence-electron chi connectivity index (χ2n) is 4.58. The van der Waals surface area contributed by atoms with Crippen molar-refractivity contribution in [2.75, 3.05) is 5.32 Å². The Bertz CT molecular complexity index is 801. The minimum absolute atomic E-state index is 0.135. The van der Waals surface area contributed by atoms with Gasteiger partial charge in [-0.1, -0.05) is 15.9 Å². The zero-order chi connectivity index (χ0) is 15.5. The average Bonchev–Trinajstić information content (AvgIpc) is 3.05. The van der Waals surface area contributed by atoms with Gasteiger partial charge in [0.05, 0.1) is 11.4 Å². The summed E-state index contributed by atoms with van der Waals surface area (Å²) in [7, 11) is 0. The maximum Gasteiger partial charge on any atom is 0.255 e. The Morgan fingerprint density at radius 1 is 1.18 bits per heavy atom. The van der Waals surface area contributed by atoms with Crippen molar-refractivity contribution in [3.8, 4) is 5.69 Å². The van der Waals surface area contributed by atoms with Crippen molar-refractivity contribution in [3.05, 3.63) is 76.8 Å². The number of aromatic nitrogens is 2. The van der Waals surface area contributed by atoms with E-state index in [9.17, 15) is 9.18 Å². The molecule has 4 nitrogen and oxygen atoms in total. The molecule has 1 amide bonds. The van der Waals surface area contributed by atoms with Crippen LogP contribution in [0.3, 0.4) is 0 Å². The Kier molecular flexibility index (Phi) is 4.02. The van der Waals surface area contributed by atoms with E-state index in [0.717, 1.165) is 5.69 Å². The molecule has 0 saturated carbocycles. The molecule has 110 valence electrons. The van der Waals surface area contributed by atoms with E-state index in [0.29, 0.717) is 10.0 Å². The summed E-state index contributed by atoms with van der Waals surface area (Å²) in [6.07, 6.45) is 3.49. The monoisotopic (exact) mass is 359 g/mol. The first kappa shape index (κ1) is 14.5. The van der Waals surface area contributed by atoms with E-state index in [-0.39, 0.29) is 11.6 Å². The Hall–Kier alpha value is -2.47. The Labute approximate surface area is 134 Å². The van der Waals surface area contributed by atoms with E-state index >= 15 is 0 Å². The van der Waals surface area contributed by atoms with Gasteiger partial charge in [0.15, 0.2) is 0 Å². The van der Waals surface area contributed by atoms with Crippen LogP contribution in [0.1, 0.15) is 10.4 Å². The van der Waals surface area contributed by atoms with Gasteiger partial charge in [0.2, 0.25) is 0 Å². The largest absolute Gasteiger partial charge is 0.319 e. The lowest BCUT2D eigenvalue weighted by Crippen LogP contribution is -2.13.